The third kappa shape index (κ3) is 5.58. The molecule has 1 aromatic carbocycles. The van der Waals surface area contributed by atoms with E-state index in [1.165, 1.54) is 18.7 Å². The summed E-state index contributed by atoms with van der Waals surface area (Å²) in [5.41, 5.74) is 2.62. The molecule has 0 unspecified atom stereocenters. The summed E-state index contributed by atoms with van der Waals surface area (Å²) in [5.74, 6) is 0.378. The largest absolute Gasteiger partial charge is 0.478 e. The quantitative estimate of drug-likeness (QED) is 0.313. The van der Waals surface area contributed by atoms with Crippen molar-refractivity contribution in [2.75, 3.05) is 0 Å². The minimum absolute atomic E-state index is 0.0512. The lowest BCUT2D eigenvalue weighted by Gasteiger charge is -2.18. The zero-order valence-corrected chi connectivity index (χ0v) is 19.7. The van der Waals surface area contributed by atoms with Gasteiger partial charge in [0.1, 0.15) is 5.82 Å². The van der Waals surface area contributed by atoms with E-state index in [0.29, 0.717) is 17.9 Å². The summed E-state index contributed by atoms with van der Waals surface area (Å²) >= 11 is 0. The number of hydrogen-bond donors (Lipinski definition) is 1. The van der Waals surface area contributed by atoms with Gasteiger partial charge in [-0.1, -0.05) is 63.3 Å². The summed E-state index contributed by atoms with van der Waals surface area (Å²) in [6.07, 6.45) is 12.4. The normalized spacial score (nSPS) is 14.3. The third-order valence-corrected chi connectivity index (χ3v) is 6.60. The summed E-state index contributed by atoms with van der Waals surface area (Å²) in [6.45, 7) is 2.69. The first kappa shape index (κ1) is 23.8. The molecule has 0 atom stereocenters. The number of unbranched alkanes of at least 4 members (excludes halogenated alkanes) is 2. The lowest BCUT2D eigenvalue weighted by Crippen LogP contribution is -2.19. The van der Waals surface area contributed by atoms with E-state index in [1.54, 1.807) is 6.20 Å². The molecule has 0 spiro atoms. The molecule has 34 heavy (non-hydrogen) atoms. The number of aryl methyl sites for hydroxylation is 1. The first-order valence-electron chi connectivity index (χ1n) is 12.3. The molecule has 1 aliphatic carbocycles. The lowest BCUT2D eigenvalue weighted by atomic mass is 9.86. The number of Topliss-reactive ketones (excluding diaryl/α,β-unsaturated/α-hetero) is 1. The smallest absolute Gasteiger partial charge is 0.336 e. The highest BCUT2D eigenvalue weighted by Gasteiger charge is 2.26. The molecule has 2 heterocycles. The average molecular weight is 461 g/mol. The van der Waals surface area contributed by atoms with Gasteiger partial charge in [-0.05, 0) is 36.5 Å². The van der Waals surface area contributed by atoms with Crippen molar-refractivity contribution in [2.24, 2.45) is 5.92 Å². The van der Waals surface area contributed by atoms with Gasteiger partial charge in [-0.2, -0.15) is 0 Å². The fourth-order valence-corrected chi connectivity index (χ4v) is 4.64. The molecule has 0 bridgehead atoms. The van der Waals surface area contributed by atoms with E-state index in [2.05, 4.69) is 22.0 Å². The van der Waals surface area contributed by atoms with Gasteiger partial charge in [-0.25, -0.2) is 14.5 Å². The van der Waals surface area contributed by atoms with Crippen LogP contribution in [0.3, 0.4) is 0 Å². The second-order valence-corrected chi connectivity index (χ2v) is 9.09. The van der Waals surface area contributed by atoms with Gasteiger partial charge in [0.05, 0.1) is 12.1 Å². The molecule has 0 saturated heterocycles. The molecule has 0 amide bonds. The maximum atomic E-state index is 13.0. The Hall–Kier alpha value is -3.35. The van der Waals surface area contributed by atoms with E-state index in [9.17, 15) is 14.7 Å². The van der Waals surface area contributed by atoms with Crippen LogP contribution in [0.4, 0.5) is 0 Å². The van der Waals surface area contributed by atoms with Crippen molar-refractivity contribution >= 4 is 11.8 Å². The van der Waals surface area contributed by atoms with Crippen LogP contribution >= 0.6 is 0 Å². The van der Waals surface area contributed by atoms with Gasteiger partial charge >= 0.3 is 5.97 Å². The number of carboxylic acids is 1. The Bertz CT molecular complexity index is 1130. The van der Waals surface area contributed by atoms with Gasteiger partial charge in [-0.3, -0.25) is 9.78 Å². The zero-order chi connectivity index (χ0) is 23.9. The van der Waals surface area contributed by atoms with Gasteiger partial charge in [0.2, 0.25) is 11.6 Å². The number of aromatic carboxylic acids is 1. The molecule has 1 fully saturated rings. The maximum absolute atomic E-state index is 13.0. The molecule has 4 rings (SSSR count). The highest BCUT2D eigenvalue weighted by atomic mass is 16.4. The van der Waals surface area contributed by atoms with Gasteiger partial charge in [0, 0.05) is 30.3 Å². The van der Waals surface area contributed by atoms with Crippen molar-refractivity contribution < 1.29 is 14.7 Å². The molecule has 2 aromatic heterocycles. The second kappa shape index (κ2) is 11.2. The van der Waals surface area contributed by atoms with Crippen molar-refractivity contribution in [3.63, 3.8) is 0 Å². The molecule has 0 aliphatic heterocycles. The number of carboxylic acid groups (broad SMARTS) is 1. The fourth-order valence-electron chi connectivity index (χ4n) is 4.64. The topological polar surface area (TPSA) is 98.0 Å². The molecule has 0 radical (unpaired) electrons. The molecular weight excluding hydrogens is 428 g/mol. The predicted octanol–water partition coefficient (Wildman–Crippen LogP) is 5.58. The van der Waals surface area contributed by atoms with Crippen LogP contribution in [0.2, 0.25) is 0 Å². The van der Waals surface area contributed by atoms with E-state index in [0.717, 1.165) is 68.3 Å². The number of hydrogen-bond acceptors (Lipinski definition) is 5. The van der Waals surface area contributed by atoms with Crippen LogP contribution in [0.15, 0.2) is 42.7 Å². The van der Waals surface area contributed by atoms with Crippen molar-refractivity contribution in [1.82, 2.24) is 19.7 Å². The molecular formula is C27H32N4O3. The first-order valence-corrected chi connectivity index (χ1v) is 12.3. The molecule has 1 saturated carbocycles. The summed E-state index contributed by atoms with van der Waals surface area (Å²) in [7, 11) is 0. The molecule has 178 valence electrons. The van der Waals surface area contributed by atoms with E-state index in [1.807, 2.05) is 28.9 Å². The molecule has 1 aliphatic rings. The van der Waals surface area contributed by atoms with E-state index in [4.69, 9.17) is 0 Å². The highest BCUT2D eigenvalue weighted by Crippen LogP contribution is 2.27. The van der Waals surface area contributed by atoms with Crippen LogP contribution in [0.25, 0.3) is 11.1 Å². The minimum Gasteiger partial charge on any atom is -0.478 e. The Morgan fingerprint density at radius 3 is 2.53 bits per heavy atom. The van der Waals surface area contributed by atoms with Crippen LogP contribution in [0.5, 0.6) is 0 Å². The second-order valence-electron chi connectivity index (χ2n) is 9.09. The Balaban J connectivity index is 1.55. The summed E-state index contributed by atoms with van der Waals surface area (Å²) in [5, 5.41) is 14.1. The summed E-state index contributed by atoms with van der Waals surface area (Å²) < 4.78 is 1.87. The van der Waals surface area contributed by atoms with Crippen LogP contribution in [0, 0.1) is 5.92 Å². The number of nitrogens with zero attached hydrogens (tertiary/aromatic N) is 4. The van der Waals surface area contributed by atoms with E-state index >= 15 is 0 Å². The average Bonchev–Trinajstić information content (AvgIpc) is 3.27. The third-order valence-electron chi connectivity index (χ3n) is 6.60. The fraction of sp³-hybridized carbons (Fsp3) is 0.444. The molecule has 7 heteroatoms. The predicted molar refractivity (Wildman–Crippen MR) is 130 cm³/mol. The van der Waals surface area contributed by atoms with Crippen LogP contribution in [0.1, 0.15) is 90.7 Å². The number of benzene rings is 1. The zero-order valence-electron chi connectivity index (χ0n) is 19.7. The maximum Gasteiger partial charge on any atom is 0.336 e. The number of pyridine rings is 1. The monoisotopic (exact) mass is 460 g/mol. The van der Waals surface area contributed by atoms with Gasteiger partial charge < -0.3 is 5.11 Å². The lowest BCUT2D eigenvalue weighted by molar-refractivity contribution is 0.0697. The number of rotatable bonds is 10. The van der Waals surface area contributed by atoms with E-state index < -0.39 is 5.97 Å². The van der Waals surface area contributed by atoms with E-state index in [-0.39, 0.29) is 17.3 Å². The Labute approximate surface area is 200 Å². The molecule has 7 nitrogen and oxygen atoms in total. The molecule has 1 N–H and O–H groups in total. The standard InChI is InChI=1S/C27H32N4O3/c1-2-3-5-10-24-29-26(25(32)21-8-6-4-7-9-21)30-31(24)18-19-11-13-20(14-12-19)23-17-28-16-15-22(23)27(33)34/h11-17,21H,2-10,18H2,1H3,(H,33,34). The SMILES string of the molecule is CCCCCc1nc(C(=O)C2CCCCC2)nn1Cc1ccc(-c2cnccc2C(=O)O)cc1. The van der Waals surface area contributed by atoms with Crippen molar-refractivity contribution in [2.45, 2.75) is 71.3 Å². The number of ketones is 1. The Morgan fingerprint density at radius 1 is 1.06 bits per heavy atom. The Morgan fingerprint density at radius 2 is 1.82 bits per heavy atom. The van der Waals surface area contributed by atoms with Gasteiger partial charge in [0.15, 0.2) is 0 Å². The number of carbonyl (C=O) groups is 2. The summed E-state index contributed by atoms with van der Waals surface area (Å²) in [6, 6.07) is 9.25. The number of carbonyl (C=O) groups excluding carboxylic acids is 1. The Kier molecular flexibility index (Phi) is 7.83. The van der Waals surface area contributed by atoms with Gasteiger partial charge in [0.25, 0.3) is 0 Å². The summed E-state index contributed by atoms with van der Waals surface area (Å²) in [4.78, 5) is 33.4. The van der Waals surface area contributed by atoms with Crippen LogP contribution in [-0.2, 0) is 13.0 Å². The highest BCUT2D eigenvalue weighted by molar-refractivity contribution is 5.95. The number of aromatic nitrogens is 4. The van der Waals surface area contributed by atoms with Crippen molar-refractivity contribution in [1.29, 1.82) is 0 Å². The van der Waals surface area contributed by atoms with Crippen molar-refractivity contribution in [3.8, 4) is 11.1 Å². The van der Waals surface area contributed by atoms with Crippen LogP contribution < -0.4 is 0 Å². The van der Waals surface area contributed by atoms with Crippen molar-refractivity contribution in [3.05, 3.63) is 65.5 Å². The van der Waals surface area contributed by atoms with Gasteiger partial charge in [-0.15, -0.1) is 5.10 Å². The molecule has 3 aromatic rings. The first-order chi connectivity index (χ1) is 16.6. The van der Waals surface area contributed by atoms with Crippen LogP contribution in [-0.4, -0.2) is 36.6 Å². The minimum atomic E-state index is -0.976.